The van der Waals surface area contributed by atoms with Crippen LogP contribution in [0, 0.1) is 6.92 Å². The molecule has 3 heterocycles. The highest BCUT2D eigenvalue weighted by atomic mass is 32.2. The average Bonchev–Trinajstić information content (AvgIpc) is 3.09. The van der Waals surface area contributed by atoms with E-state index in [4.69, 9.17) is 0 Å². The molecule has 5 nitrogen and oxygen atoms in total. The molecule has 0 radical (unpaired) electrons. The highest BCUT2D eigenvalue weighted by molar-refractivity contribution is 7.99. The van der Waals surface area contributed by atoms with E-state index in [9.17, 15) is 4.79 Å². The summed E-state index contributed by atoms with van der Waals surface area (Å²) >= 11 is 3.47. The van der Waals surface area contributed by atoms with Crippen LogP contribution >= 0.6 is 23.1 Å². The van der Waals surface area contributed by atoms with Crippen LogP contribution < -0.4 is 0 Å². The topological polar surface area (TPSA) is 61.9 Å². The minimum atomic E-state index is -0.00940. The Kier molecular flexibility index (Phi) is 3.56. The van der Waals surface area contributed by atoms with Gasteiger partial charge in [0.25, 0.3) is 5.91 Å². The Morgan fingerprint density at radius 3 is 3.16 bits per heavy atom. The fourth-order valence-corrected chi connectivity index (χ4v) is 4.03. The van der Waals surface area contributed by atoms with Crippen molar-refractivity contribution in [3.63, 3.8) is 0 Å². The van der Waals surface area contributed by atoms with E-state index in [0.717, 1.165) is 28.8 Å². The van der Waals surface area contributed by atoms with E-state index in [2.05, 4.69) is 15.2 Å². The molecule has 100 valence electrons. The van der Waals surface area contributed by atoms with Crippen molar-refractivity contribution in [3.05, 3.63) is 34.0 Å². The third kappa shape index (κ3) is 2.52. The minimum absolute atomic E-state index is 0.00940. The van der Waals surface area contributed by atoms with Crippen molar-refractivity contribution in [2.24, 2.45) is 0 Å². The van der Waals surface area contributed by atoms with Crippen molar-refractivity contribution in [3.8, 4) is 0 Å². The quantitative estimate of drug-likeness (QED) is 0.921. The summed E-state index contributed by atoms with van der Waals surface area (Å²) in [5, 5.41) is 9.85. The molecule has 0 unspecified atom stereocenters. The molecule has 1 aliphatic heterocycles. The first-order valence-corrected chi connectivity index (χ1v) is 8.09. The Labute approximate surface area is 119 Å². The highest BCUT2D eigenvalue weighted by Crippen LogP contribution is 2.31. The molecule has 19 heavy (non-hydrogen) atoms. The molecule has 0 aromatic carbocycles. The first-order valence-electron chi connectivity index (χ1n) is 6.06. The summed E-state index contributed by atoms with van der Waals surface area (Å²) < 4.78 is 0. The first-order chi connectivity index (χ1) is 9.25. The monoisotopic (exact) mass is 294 g/mol. The summed E-state index contributed by atoms with van der Waals surface area (Å²) in [6.45, 7) is 2.65. The van der Waals surface area contributed by atoms with Crippen LogP contribution in [-0.2, 0) is 0 Å². The molecule has 1 atom stereocenters. The van der Waals surface area contributed by atoms with Gasteiger partial charge in [-0.25, -0.2) is 4.98 Å². The van der Waals surface area contributed by atoms with Gasteiger partial charge < -0.3 is 4.90 Å². The number of thioether (sulfide) groups is 1. The second kappa shape index (κ2) is 5.34. The number of nitrogens with one attached hydrogen (secondary N) is 1. The second-order valence-electron chi connectivity index (χ2n) is 4.40. The van der Waals surface area contributed by atoms with Gasteiger partial charge in [-0.1, -0.05) is 0 Å². The van der Waals surface area contributed by atoms with E-state index in [1.165, 1.54) is 0 Å². The smallest absolute Gasteiger partial charge is 0.275 e. The van der Waals surface area contributed by atoms with Crippen molar-refractivity contribution >= 4 is 29.0 Å². The maximum atomic E-state index is 12.5. The van der Waals surface area contributed by atoms with Crippen LogP contribution in [0.25, 0.3) is 0 Å². The van der Waals surface area contributed by atoms with E-state index in [-0.39, 0.29) is 11.9 Å². The number of carbonyl (C=O) groups excluding carboxylic acids is 1. The Balaban J connectivity index is 1.86. The molecule has 3 rings (SSSR count). The van der Waals surface area contributed by atoms with Crippen LogP contribution in [0.3, 0.4) is 0 Å². The van der Waals surface area contributed by atoms with E-state index in [1.807, 2.05) is 29.0 Å². The Hall–Kier alpha value is -1.34. The minimum Gasteiger partial charge on any atom is -0.326 e. The summed E-state index contributed by atoms with van der Waals surface area (Å²) in [4.78, 5) is 18.8. The molecule has 1 amide bonds. The summed E-state index contributed by atoms with van der Waals surface area (Å²) in [6, 6.07) is 1.87. The number of amides is 1. The van der Waals surface area contributed by atoms with Crippen molar-refractivity contribution < 1.29 is 4.79 Å². The Morgan fingerprint density at radius 1 is 1.58 bits per heavy atom. The summed E-state index contributed by atoms with van der Waals surface area (Å²) in [5.74, 6) is 1.87. The van der Waals surface area contributed by atoms with Gasteiger partial charge in [-0.2, -0.15) is 16.9 Å². The molecule has 1 N–H and O–H groups in total. The maximum Gasteiger partial charge on any atom is 0.275 e. The SMILES string of the molecule is Cc1cc(C(=O)N2CCSC[C@H]2c2nccs2)n[nH]1. The van der Waals surface area contributed by atoms with Crippen molar-refractivity contribution in [1.82, 2.24) is 20.1 Å². The summed E-state index contributed by atoms with van der Waals surface area (Å²) in [6.07, 6.45) is 1.79. The van der Waals surface area contributed by atoms with Crippen LogP contribution in [0.2, 0.25) is 0 Å². The number of nitrogens with zero attached hydrogens (tertiary/aromatic N) is 3. The molecule has 1 fully saturated rings. The van der Waals surface area contributed by atoms with Crippen LogP contribution in [0.1, 0.15) is 27.2 Å². The van der Waals surface area contributed by atoms with Gasteiger partial charge in [0.15, 0.2) is 0 Å². The lowest BCUT2D eigenvalue weighted by Crippen LogP contribution is -2.40. The van der Waals surface area contributed by atoms with Gasteiger partial charge in [-0.05, 0) is 13.0 Å². The lowest BCUT2D eigenvalue weighted by atomic mass is 10.2. The van der Waals surface area contributed by atoms with Gasteiger partial charge in [0.2, 0.25) is 0 Å². The molecule has 7 heteroatoms. The molecular formula is C12H14N4OS2. The highest BCUT2D eigenvalue weighted by Gasteiger charge is 2.31. The predicted molar refractivity (Wildman–Crippen MR) is 76.5 cm³/mol. The van der Waals surface area contributed by atoms with E-state index >= 15 is 0 Å². The average molecular weight is 294 g/mol. The number of carbonyl (C=O) groups is 1. The fourth-order valence-electron chi connectivity index (χ4n) is 2.13. The molecule has 1 aliphatic rings. The predicted octanol–water partition coefficient (Wildman–Crippen LogP) is 2.10. The van der Waals surface area contributed by atoms with E-state index < -0.39 is 0 Å². The summed E-state index contributed by atoms with van der Waals surface area (Å²) in [5.41, 5.74) is 1.39. The second-order valence-corrected chi connectivity index (χ2v) is 6.47. The number of aromatic nitrogens is 3. The normalized spacial score (nSPS) is 19.6. The lowest BCUT2D eigenvalue weighted by Gasteiger charge is -2.33. The largest absolute Gasteiger partial charge is 0.326 e. The van der Waals surface area contributed by atoms with Gasteiger partial charge in [-0.3, -0.25) is 9.89 Å². The fraction of sp³-hybridized carbons (Fsp3) is 0.417. The first kappa shape index (κ1) is 12.7. The zero-order valence-corrected chi connectivity index (χ0v) is 12.1. The van der Waals surface area contributed by atoms with Gasteiger partial charge in [0.1, 0.15) is 10.7 Å². The molecule has 0 aliphatic carbocycles. The Morgan fingerprint density at radius 2 is 2.47 bits per heavy atom. The van der Waals surface area contributed by atoms with Gasteiger partial charge in [0.05, 0.1) is 6.04 Å². The van der Waals surface area contributed by atoms with Crippen molar-refractivity contribution in [2.45, 2.75) is 13.0 Å². The number of rotatable bonds is 2. The van der Waals surface area contributed by atoms with E-state index in [1.54, 1.807) is 23.6 Å². The van der Waals surface area contributed by atoms with Crippen molar-refractivity contribution in [2.75, 3.05) is 18.1 Å². The molecule has 2 aromatic heterocycles. The lowest BCUT2D eigenvalue weighted by molar-refractivity contribution is 0.0695. The van der Waals surface area contributed by atoms with E-state index in [0.29, 0.717) is 5.69 Å². The number of thiazole rings is 1. The maximum absolute atomic E-state index is 12.5. The number of aromatic amines is 1. The van der Waals surface area contributed by atoms with Crippen LogP contribution in [0.4, 0.5) is 0 Å². The number of H-pyrrole nitrogens is 1. The molecular weight excluding hydrogens is 280 g/mol. The van der Waals surface area contributed by atoms with Crippen LogP contribution in [0.15, 0.2) is 17.6 Å². The molecule has 0 saturated carbocycles. The van der Waals surface area contributed by atoms with Crippen LogP contribution in [0.5, 0.6) is 0 Å². The zero-order valence-electron chi connectivity index (χ0n) is 10.5. The number of hydrogen-bond donors (Lipinski definition) is 1. The zero-order chi connectivity index (χ0) is 13.2. The number of aryl methyl sites for hydroxylation is 1. The molecule has 2 aromatic rings. The third-order valence-electron chi connectivity index (χ3n) is 3.05. The molecule has 0 bridgehead atoms. The molecule has 1 saturated heterocycles. The van der Waals surface area contributed by atoms with Crippen molar-refractivity contribution in [1.29, 1.82) is 0 Å². The Bertz CT molecular complexity index is 566. The standard InChI is InChI=1S/C12H14N4OS2/c1-8-6-9(15-14-8)12(17)16-3-5-18-7-10(16)11-13-2-4-19-11/h2,4,6,10H,3,5,7H2,1H3,(H,14,15)/t10-/m0/s1. The third-order valence-corrected chi connectivity index (χ3v) is 4.95. The summed E-state index contributed by atoms with van der Waals surface area (Å²) in [7, 11) is 0. The number of hydrogen-bond acceptors (Lipinski definition) is 5. The van der Waals surface area contributed by atoms with Gasteiger partial charge in [-0.15, -0.1) is 11.3 Å². The van der Waals surface area contributed by atoms with Gasteiger partial charge in [0, 0.05) is 35.3 Å². The van der Waals surface area contributed by atoms with Crippen LogP contribution in [-0.4, -0.2) is 44.0 Å². The molecule has 0 spiro atoms. The van der Waals surface area contributed by atoms with Gasteiger partial charge >= 0.3 is 0 Å².